The number of nitrogens with zero attached hydrogens (tertiary/aromatic N) is 1. The summed E-state index contributed by atoms with van der Waals surface area (Å²) in [5, 5.41) is 0. The number of hydrogen-bond acceptors (Lipinski definition) is 1. The van der Waals surface area contributed by atoms with Gasteiger partial charge in [0.2, 0.25) is 0 Å². The first-order chi connectivity index (χ1) is 8.36. The van der Waals surface area contributed by atoms with Crippen molar-refractivity contribution in [2.75, 3.05) is 0 Å². The fourth-order valence-electron chi connectivity index (χ4n) is 1.83. The van der Waals surface area contributed by atoms with Crippen molar-refractivity contribution in [2.24, 2.45) is 0 Å². The topological polar surface area (TPSA) is 12.9 Å². The van der Waals surface area contributed by atoms with E-state index in [-0.39, 0.29) is 0 Å². The SMILES string of the molecule is C=Cc1ccnc(-c2ccccc2)c1/C=C\C. The standard InChI is InChI=1S/C16H15N/c1-3-8-15-13(4-2)11-12-17-16(15)14-9-6-5-7-10-14/h3-12H,2H2,1H3/b8-3-. The summed E-state index contributed by atoms with van der Waals surface area (Å²) in [6.07, 6.45) is 7.79. The highest BCUT2D eigenvalue weighted by molar-refractivity contribution is 5.77. The molecule has 2 aromatic rings. The first kappa shape index (κ1) is 11.3. The van der Waals surface area contributed by atoms with E-state index in [9.17, 15) is 0 Å². The Morgan fingerprint density at radius 3 is 2.53 bits per heavy atom. The molecule has 1 aromatic carbocycles. The Hall–Kier alpha value is -2.15. The van der Waals surface area contributed by atoms with E-state index in [0.717, 1.165) is 22.4 Å². The molecule has 0 spiro atoms. The first-order valence-electron chi connectivity index (χ1n) is 5.66. The molecule has 0 radical (unpaired) electrons. The van der Waals surface area contributed by atoms with Gasteiger partial charge in [0.1, 0.15) is 0 Å². The molecule has 0 saturated heterocycles. The maximum absolute atomic E-state index is 4.48. The number of rotatable bonds is 3. The predicted octanol–water partition coefficient (Wildman–Crippen LogP) is 4.42. The minimum atomic E-state index is 1.00. The van der Waals surface area contributed by atoms with Gasteiger partial charge in [0, 0.05) is 17.3 Å². The Balaban J connectivity index is 2.65. The summed E-state index contributed by atoms with van der Waals surface area (Å²) in [6, 6.07) is 12.2. The summed E-state index contributed by atoms with van der Waals surface area (Å²) >= 11 is 0. The molecule has 17 heavy (non-hydrogen) atoms. The second-order valence-corrected chi connectivity index (χ2v) is 3.73. The second-order valence-electron chi connectivity index (χ2n) is 3.73. The van der Waals surface area contributed by atoms with Crippen LogP contribution in [0.3, 0.4) is 0 Å². The Morgan fingerprint density at radius 1 is 1.12 bits per heavy atom. The Morgan fingerprint density at radius 2 is 1.88 bits per heavy atom. The van der Waals surface area contributed by atoms with Crippen molar-refractivity contribution >= 4 is 12.2 Å². The van der Waals surface area contributed by atoms with Gasteiger partial charge in [-0.1, -0.05) is 55.1 Å². The molecule has 2 rings (SSSR count). The van der Waals surface area contributed by atoms with Crippen LogP contribution in [-0.4, -0.2) is 4.98 Å². The Bertz CT molecular complexity index is 539. The molecular weight excluding hydrogens is 206 g/mol. The van der Waals surface area contributed by atoms with E-state index in [1.807, 2.05) is 49.5 Å². The summed E-state index contributed by atoms with van der Waals surface area (Å²) in [6.45, 7) is 5.86. The molecule has 1 heterocycles. The normalized spacial score (nSPS) is 10.6. The Labute approximate surface area is 102 Å². The zero-order valence-electron chi connectivity index (χ0n) is 9.93. The van der Waals surface area contributed by atoms with Crippen LogP contribution in [0.25, 0.3) is 23.4 Å². The maximum Gasteiger partial charge on any atom is 0.0780 e. The summed E-state index contributed by atoms with van der Waals surface area (Å²) in [7, 11) is 0. The van der Waals surface area contributed by atoms with E-state index in [0.29, 0.717) is 0 Å². The molecule has 0 unspecified atom stereocenters. The highest BCUT2D eigenvalue weighted by Gasteiger charge is 2.06. The Kier molecular flexibility index (Phi) is 3.51. The van der Waals surface area contributed by atoms with Crippen LogP contribution in [0.15, 0.2) is 55.3 Å². The van der Waals surface area contributed by atoms with Gasteiger partial charge in [-0.15, -0.1) is 0 Å². The van der Waals surface area contributed by atoms with Gasteiger partial charge >= 0.3 is 0 Å². The van der Waals surface area contributed by atoms with Gasteiger partial charge < -0.3 is 0 Å². The van der Waals surface area contributed by atoms with Gasteiger partial charge in [0.05, 0.1) is 5.69 Å². The summed E-state index contributed by atoms with van der Waals surface area (Å²) in [4.78, 5) is 4.48. The monoisotopic (exact) mass is 221 g/mol. The van der Waals surface area contributed by atoms with Crippen LogP contribution in [0.5, 0.6) is 0 Å². The van der Waals surface area contributed by atoms with Gasteiger partial charge in [-0.2, -0.15) is 0 Å². The van der Waals surface area contributed by atoms with E-state index in [2.05, 4.69) is 29.8 Å². The molecule has 0 bridgehead atoms. The molecule has 0 N–H and O–H groups in total. The van der Waals surface area contributed by atoms with E-state index >= 15 is 0 Å². The smallest absolute Gasteiger partial charge is 0.0780 e. The molecule has 0 aliphatic carbocycles. The molecule has 0 amide bonds. The summed E-state index contributed by atoms with van der Waals surface area (Å²) < 4.78 is 0. The van der Waals surface area contributed by atoms with E-state index in [1.165, 1.54) is 0 Å². The molecule has 84 valence electrons. The molecule has 1 aromatic heterocycles. The van der Waals surface area contributed by atoms with Gasteiger partial charge in [-0.05, 0) is 18.6 Å². The average molecular weight is 221 g/mol. The number of pyridine rings is 1. The largest absolute Gasteiger partial charge is 0.256 e. The van der Waals surface area contributed by atoms with Crippen LogP contribution in [0.1, 0.15) is 18.1 Å². The third kappa shape index (κ3) is 2.34. The zero-order valence-corrected chi connectivity index (χ0v) is 9.93. The van der Waals surface area contributed by atoms with Gasteiger partial charge in [-0.3, -0.25) is 4.98 Å². The highest BCUT2D eigenvalue weighted by Crippen LogP contribution is 2.25. The highest BCUT2D eigenvalue weighted by atomic mass is 14.7. The molecule has 1 heteroatoms. The molecule has 1 nitrogen and oxygen atoms in total. The number of aromatic nitrogens is 1. The van der Waals surface area contributed by atoms with Crippen molar-refractivity contribution in [2.45, 2.75) is 6.92 Å². The van der Waals surface area contributed by atoms with Crippen LogP contribution < -0.4 is 0 Å². The van der Waals surface area contributed by atoms with E-state index in [4.69, 9.17) is 0 Å². The zero-order chi connectivity index (χ0) is 12.1. The van der Waals surface area contributed by atoms with Crippen LogP contribution in [0.2, 0.25) is 0 Å². The van der Waals surface area contributed by atoms with Crippen LogP contribution >= 0.6 is 0 Å². The number of benzene rings is 1. The fourth-order valence-corrected chi connectivity index (χ4v) is 1.83. The van der Waals surface area contributed by atoms with Crippen LogP contribution in [-0.2, 0) is 0 Å². The maximum atomic E-state index is 4.48. The van der Waals surface area contributed by atoms with E-state index in [1.54, 1.807) is 0 Å². The lowest BCUT2D eigenvalue weighted by atomic mass is 10.0. The number of allylic oxidation sites excluding steroid dienone is 1. The minimum Gasteiger partial charge on any atom is -0.256 e. The summed E-state index contributed by atoms with van der Waals surface area (Å²) in [5.41, 5.74) is 4.36. The van der Waals surface area contributed by atoms with Crippen molar-refractivity contribution < 1.29 is 0 Å². The van der Waals surface area contributed by atoms with Crippen molar-refractivity contribution in [1.29, 1.82) is 0 Å². The van der Waals surface area contributed by atoms with E-state index < -0.39 is 0 Å². The number of hydrogen-bond donors (Lipinski definition) is 0. The first-order valence-corrected chi connectivity index (χ1v) is 5.66. The fraction of sp³-hybridized carbons (Fsp3) is 0.0625. The molecule has 0 fully saturated rings. The van der Waals surface area contributed by atoms with Crippen molar-refractivity contribution in [3.63, 3.8) is 0 Å². The molecule has 0 saturated carbocycles. The van der Waals surface area contributed by atoms with Crippen molar-refractivity contribution in [3.8, 4) is 11.3 Å². The second kappa shape index (κ2) is 5.26. The average Bonchev–Trinajstić information content (AvgIpc) is 2.40. The van der Waals surface area contributed by atoms with Crippen LogP contribution in [0, 0.1) is 0 Å². The summed E-state index contributed by atoms with van der Waals surface area (Å²) in [5.74, 6) is 0. The van der Waals surface area contributed by atoms with Crippen LogP contribution in [0.4, 0.5) is 0 Å². The lowest BCUT2D eigenvalue weighted by molar-refractivity contribution is 1.30. The molecule has 0 atom stereocenters. The third-order valence-electron chi connectivity index (χ3n) is 2.62. The molecule has 0 aliphatic rings. The quantitative estimate of drug-likeness (QED) is 0.747. The molecular formula is C16H15N. The predicted molar refractivity (Wildman–Crippen MR) is 74.5 cm³/mol. The lowest BCUT2D eigenvalue weighted by Gasteiger charge is -2.08. The van der Waals surface area contributed by atoms with Gasteiger partial charge in [-0.25, -0.2) is 0 Å². The van der Waals surface area contributed by atoms with Crippen molar-refractivity contribution in [1.82, 2.24) is 4.98 Å². The third-order valence-corrected chi connectivity index (χ3v) is 2.62. The lowest BCUT2D eigenvalue weighted by Crippen LogP contribution is -1.91. The van der Waals surface area contributed by atoms with Gasteiger partial charge in [0.15, 0.2) is 0 Å². The molecule has 0 aliphatic heterocycles. The van der Waals surface area contributed by atoms with Crippen molar-refractivity contribution in [3.05, 3.63) is 66.4 Å². The minimum absolute atomic E-state index is 1.00. The van der Waals surface area contributed by atoms with Gasteiger partial charge in [0.25, 0.3) is 0 Å².